The number of carbonyl (C=O) groups is 1. The molecule has 31 heavy (non-hydrogen) atoms. The van der Waals surface area contributed by atoms with Gasteiger partial charge < -0.3 is 5.32 Å². The molecule has 7 heteroatoms. The Balaban J connectivity index is 1.78. The average molecular weight is 434 g/mol. The Morgan fingerprint density at radius 1 is 0.968 bits per heavy atom. The van der Waals surface area contributed by atoms with Gasteiger partial charge in [-0.1, -0.05) is 60.2 Å². The summed E-state index contributed by atoms with van der Waals surface area (Å²) in [5, 5.41) is 11.8. The molecular weight excluding hydrogens is 410 g/mol. The first-order valence-electron chi connectivity index (χ1n) is 9.68. The second-order valence-corrected chi connectivity index (χ2v) is 9.26. The number of rotatable bonds is 7. The van der Waals surface area contributed by atoms with Crippen molar-refractivity contribution in [1.82, 2.24) is 9.62 Å². The predicted molar refractivity (Wildman–Crippen MR) is 119 cm³/mol. The molecule has 3 aromatic carbocycles. The molecule has 0 fully saturated rings. The summed E-state index contributed by atoms with van der Waals surface area (Å²) in [7, 11) is -2.51. The molecule has 0 aliphatic heterocycles. The van der Waals surface area contributed by atoms with E-state index in [2.05, 4.69) is 5.32 Å². The molecule has 6 nitrogen and oxygen atoms in total. The molecule has 3 aromatic rings. The number of likely N-dealkylation sites (N-methyl/N-ethyl adjacent to an activating group) is 1. The van der Waals surface area contributed by atoms with E-state index in [0.29, 0.717) is 5.56 Å². The maximum Gasteiger partial charge on any atom is 0.243 e. The van der Waals surface area contributed by atoms with Gasteiger partial charge in [-0.05, 0) is 42.3 Å². The van der Waals surface area contributed by atoms with Gasteiger partial charge in [-0.25, -0.2) is 8.42 Å². The van der Waals surface area contributed by atoms with Gasteiger partial charge in [0.25, 0.3) is 0 Å². The number of aryl methyl sites for hydroxylation is 1. The average Bonchev–Trinajstić information content (AvgIpc) is 2.78. The fourth-order valence-corrected chi connectivity index (χ4v) is 4.27. The van der Waals surface area contributed by atoms with Crippen LogP contribution in [0, 0.1) is 18.3 Å². The van der Waals surface area contributed by atoms with Crippen molar-refractivity contribution in [1.29, 1.82) is 5.26 Å². The molecule has 3 rings (SSSR count). The van der Waals surface area contributed by atoms with Gasteiger partial charge in [0.15, 0.2) is 0 Å². The molecule has 0 aliphatic carbocycles. The summed E-state index contributed by atoms with van der Waals surface area (Å²) in [5.41, 5.74) is 3.28. The van der Waals surface area contributed by atoms with Crippen LogP contribution < -0.4 is 5.32 Å². The van der Waals surface area contributed by atoms with Gasteiger partial charge in [0.1, 0.15) is 0 Å². The molecule has 0 saturated heterocycles. The van der Waals surface area contributed by atoms with E-state index in [4.69, 9.17) is 5.26 Å². The highest BCUT2D eigenvalue weighted by molar-refractivity contribution is 7.89. The lowest BCUT2D eigenvalue weighted by atomic mass is 9.98. The highest BCUT2D eigenvalue weighted by Gasteiger charge is 2.25. The van der Waals surface area contributed by atoms with Crippen LogP contribution in [0.1, 0.15) is 28.3 Å². The normalized spacial score (nSPS) is 12.2. The molecule has 0 spiro atoms. The molecule has 1 unspecified atom stereocenters. The summed E-state index contributed by atoms with van der Waals surface area (Å²) in [6, 6.07) is 24.5. The van der Waals surface area contributed by atoms with E-state index in [0.717, 1.165) is 21.0 Å². The molecule has 1 N–H and O–H groups in total. The topological polar surface area (TPSA) is 90.3 Å². The molecule has 0 aromatic heterocycles. The minimum absolute atomic E-state index is 0.0277. The third-order valence-corrected chi connectivity index (χ3v) is 6.72. The van der Waals surface area contributed by atoms with E-state index in [1.54, 1.807) is 0 Å². The van der Waals surface area contributed by atoms with Gasteiger partial charge >= 0.3 is 0 Å². The van der Waals surface area contributed by atoms with E-state index in [1.165, 1.54) is 31.3 Å². The predicted octanol–water partition coefficient (Wildman–Crippen LogP) is 3.39. The summed E-state index contributed by atoms with van der Waals surface area (Å²) in [5.74, 6) is -0.422. The third kappa shape index (κ3) is 5.37. The number of nitriles is 1. The third-order valence-electron chi connectivity index (χ3n) is 4.91. The van der Waals surface area contributed by atoms with Crippen molar-refractivity contribution >= 4 is 15.9 Å². The number of amides is 1. The fraction of sp³-hybridized carbons (Fsp3) is 0.167. The highest BCUT2D eigenvalue weighted by atomic mass is 32.2. The summed E-state index contributed by atoms with van der Waals surface area (Å²) in [6.07, 6.45) is 0. The second kappa shape index (κ2) is 9.56. The lowest BCUT2D eigenvalue weighted by molar-refractivity contribution is -0.121. The smallest absolute Gasteiger partial charge is 0.243 e. The first-order chi connectivity index (χ1) is 14.8. The second-order valence-electron chi connectivity index (χ2n) is 7.22. The van der Waals surface area contributed by atoms with Crippen molar-refractivity contribution < 1.29 is 13.2 Å². The van der Waals surface area contributed by atoms with Gasteiger partial charge in [0, 0.05) is 7.05 Å². The molecule has 0 bridgehead atoms. The zero-order valence-corrected chi connectivity index (χ0v) is 18.1. The minimum Gasteiger partial charge on any atom is -0.344 e. The number of hydrogen-bond acceptors (Lipinski definition) is 4. The molecule has 1 amide bonds. The van der Waals surface area contributed by atoms with Crippen LogP contribution in [0.4, 0.5) is 0 Å². The SMILES string of the molecule is Cc1ccc(C(NC(=O)CN(C)S(=O)(=O)c2ccc(C#N)cc2)c2ccccc2)cc1. The zero-order chi connectivity index (χ0) is 22.4. The van der Waals surface area contributed by atoms with Crippen LogP contribution in [0.3, 0.4) is 0 Å². The zero-order valence-electron chi connectivity index (χ0n) is 17.3. The van der Waals surface area contributed by atoms with Crippen LogP contribution in [0.25, 0.3) is 0 Å². The molecule has 158 valence electrons. The van der Waals surface area contributed by atoms with Gasteiger partial charge in [0.2, 0.25) is 15.9 Å². The molecule has 0 heterocycles. The summed E-state index contributed by atoms with van der Waals surface area (Å²) < 4.78 is 26.6. The monoisotopic (exact) mass is 433 g/mol. The van der Waals surface area contributed by atoms with Crippen LogP contribution in [-0.2, 0) is 14.8 Å². The van der Waals surface area contributed by atoms with E-state index < -0.39 is 22.0 Å². The molecule has 0 aliphatic rings. The largest absolute Gasteiger partial charge is 0.344 e. The Kier molecular flexibility index (Phi) is 6.85. The minimum atomic E-state index is -3.87. The fourth-order valence-electron chi connectivity index (χ4n) is 3.14. The summed E-state index contributed by atoms with van der Waals surface area (Å²) >= 11 is 0. The molecular formula is C24H23N3O3S. The van der Waals surface area contributed by atoms with Crippen molar-refractivity contribution in [2.45, 2.75) is 17.9 Å². The Hall–Kier alpha value is -3.47. The number of nitrogens with one attached hydrogen (secondary N) is 1. The summed E-state index contributed by atoms with van der Waals surface area (Å²) in [6.45, 7) is 1.65. The molecule has 1 atom stereocenters. The Morgan fingerprint density at radius 3 is 2.13 bits per heavy atom. The number of benzene rings is 3. The van der Waals surface area contributed by atoms with Crippen molar-refractivity contribution in [3.05, 3.63) is 101 Å². The standard InChI is InChI=1S/C24H23N3O3S/c1-18-8-12-21(13-9-18)24(20-6-4-3-5-7-20)26-23(28)17-27(2)31(29,30)22-14-10-19(16-25)11-15-22/h3-15,24H,17H2,1-2H3,(H,26,28). The maximum atomic E-state index is 12.8. The molecule has 0 saturated carbocycles. The van der Waals surface area contributed by atoms with Crippen LogP contribution in [0.5, 0.6) is 0 Å². The lowest BCUT2D eigenvalue weighted by Gasteiger charge is -2.22. The van der Waals surface area contributed by atoms with Crippen molar-refractivity contribution in [3.63, 3.8) is 0 Å². The quantitative estimate of drug-likeness (QED) is 0.618. The van der Waals surface area contributed by atoms with Gasteiger partial charge in [-0.2, -0.15) is 9.57 Å². The van der Waals surface area contributed by atoms with E-state index in [-0.39, 0.29) is 11.4 Å². The van der Waals surface area contributed by atoms with E-state index >= 15 is 0 Å². The van der Waals surface area contributed by atoms with E-state index in [9.17, 15) is 13.2 Å². The van der Waals surface area contributed by atoms with Crippen LogP contribution in [0.15, 0.2) is 83.8 Å². The van der Waals surface area contributed by atoms with Crippen LogP contribution in [0.2, 0.25) is 0 Å². The number of hydrogen-bond donors (Lipinski definition) is 1. The van der Waals surface area contributed by atoms with Crippen molar-refractivity contribution in [3.8, 4) is 6.07 Å². The number of carbonyl (C=O) groups excluding carboxylic acids is 1. The first-order valence-corrected chi connectivity index (χ1v) is 11.1. The first kappa shape index (κ1) is 22.2. The van der Waals surface area contributed by atoms with Crippen molar-refractivity contribution in [2.75, 3.05) is 13.6 Å². The molecule has 0 radical (unpaired) electrons. The lowest BCUT2D eigenvalue weighted by Crippen LogP contribution is -2.40. The van der Waals surface area contributed by atoms with Crippen LogP contribution in [-0.4, -0.2) is 32.2 Å². The van der Waals surface area contributed by atoms with Crippen molar-refractivity contribution in [2.24, 2.45) is 0 Å². The summed E-state index contributed by atoms with van der Waals surface area (Å²) in [4.78, 5) is 12.8. The van der Waals surface area contributed by atoms with Gasteiger partial charge in [0.05, 0.1) is 29.1 Å². The number of nitrogens with zero attached hydrogens (tertiary/aromatic N) is 2. The Labute approximate surface area is 182 Å². The Bertz CT molecular complexity index is 1180. The van der Waals surface area contributed by atoms with E-state index in [1.807, 2.05) is 67.6 Å². The Morgan fingerprint density at radius 2 is 1.55 bits per heavy atom. The van der Waals surface area contributed by atoms with Gasteiger partial charge in [-0.15, -0.1) is 0 Å². The highest BCUT2D eigenvalue weighted by Crippen LogP contribution is 2.23. The van der Waals surface area contributed by atoms with Crippen LogP contribution >= 0.6 is 0 Å². The van der Waals surface area contributed by atoms with Gasteiger partial charge in [-0.3, -0.25) is 4.79 Å². The number of sulfonamides is 1. The maximum absolute atomic E-state index is 12.8.